The second-order valence-corrected chi connectivity index (χ2v) is 5.07. The molecule has 4 nitrogen and oxygen atoms in total. The maximum absolute atomic E-state index is 12.4. The van der Waals surface area contributed by atoms with Crippen LogP contribution in [0.1, 0.15) is 19.8 Å². The largest absolute Gasteiger partial charge is 0.471 e. The molecular formula is C12H17F3N2O2. The Labute approximate surface area is 109 Å². The molecule has 7 heteroatoms. The first-order valence-electron chi connectivity index (χ1n) is 6.48. The summed E-state index contributed by atoms with van der Waals surface area (Å²) in [6, 6.07) is -0.557. The molecule has 0 aromatic heterocycles. The molecule has 108 valence electrons. The van der Waals surface area contributed by atoms with Gasteiger partial charge in [-0.1, -0.05) is 0 Å². The van der Waals surface area contributed by atoms with E-state index in [1.54, 1.807) is 0 Å². The molecule has 1 unspecified atom stereocenters. The third-order valence-corrected chi connectivity index (χ3v) is 4.01. The van der Waals surface area contributed by atoms with Gasteiger partial charge in [-0.2, -0.15) is 13.2 Å². The van der Waals surface area contributed by atoms with E-state index in [2.05, 4.69) is 0 Å². The minimum atomic E-state index is -4.87. The summed E-state index contributed by atoms with van der Waals surface area (Å²) in [4.78, 5) is 25.9. The number of piperidine rings is 3. The Hall–Kier alpha value is -1.11. The van der Waals surface area contributed by atoms with Crippen molar-refractivity contribution in [3.63, 3.8) is 0 Å². The Kier molecular flexibility index (Phi) is 3.85. The van der Waals surface area contributed by atoms with Gasteiger partial charge in [0.2, 0.25) is 0 Å². The Bertz CT molecular complexity index is 376. The Balaban J connectivity index is 2.06. The van der Waals surface area contributed by atoms with E-state index in [0.29, 0.717) is 0 Å². The number of halogens is 3. The van der Waals surface area contributed by atoms with Crippen LogP contribution >= 0.6 is 0 Å². The maximum atomic E-state index is 12.4. The van der Waals surface area contributed by atoms with Gasteiger partial charge in [0.1, 0.15) is 0 Å². The molecule has 1 atom stereocenters. The molecule has 2 bridgehead atoms. The standard InChI is InChI=1S/C12H17F3N2O2/c1-2-16(11(19)12(13,14)15)7-9-10(18)8-3-5-17(9)6-4-8/h8-9H,2-7H2,1H3. The van der Waals surface area contributed by atoms with Crippen molar-refractivity contribution < 1.29 is 22.8 Å². The molecule has 3 fully saturated rings. The van der Waals surface area contributed by atoms with Crippen molar-refractivity contribution in [1.29, 1.82) is 0 Å². The second kappa shape index (κ2) is 5.11. The molecule has 3 rings (SSSR count). The number of alkyl halides is 3. The van der Waals surface area contributed by atoms with E-state index in [1.165, 1.54) is 6.92 Å². The lowest BCUT2D eigenvalue weighted by Gasteiger charge is -2.45. The van der Waals surface area contributed by atoms with Gasteiger partial charge in [0.25, 0.3) is 0 Å². The van der Waals surface area contributed by atoms with Gasteiger partial charge < -0.3 is 4.90 Å². The van der Waals surface area contributed by atoms with Crippen LogP contribution in [-0.4, -0.2) is 59.9 Å². The summed E-state index contributed by atoms with van der Waals surface area (Å²) in [5.41, 5.74) is 0. The van der Waals surface area contributed by atoms with Crippen molar-refractivity contribution in [1.82, 2.24) is 9.80 Å². The van der Waals surface area contributed by atoms with Gasteiger partial charge in [-0.05, 0) is 32.9 Å². The smallest absolute Gasteiger partial charge is 0.333 e. The van der Waals surface area contributed by atoms with Crippen molar-refractivity contribution in [2.75, 3.05) is 26.2 Å². The van der Waals surface area contributed by atoms with Crippen LogP contribution in [0.4, 0.5) is 13.2 Å². The van der Waals surface area contributed by atoms with E-state index < -0.39 is 18.1 Å². The summed E-state index contributed by atoms with van der Waals surface area (Å²) < 4.78 is 37.3. The number of fused-ring (bicyclic) bond motifs is 3. The first kappa shape index (κ1) is 14.3. The SMILES string of the molecule is CCN(CC1C(=O)C2CCN1CC2)C(=O)C(F)(F)F. The number of rotatable bonds is 3. The van der Waals surface area contributed by atoms with Gasteiger partial charge in [0, 0.05) is 19.0 Å². The van der Waals surface area contributed by atoms with Gasteiger partial charge in [0.05, 0.1) is 6.04 Å². The van der Waals surface area contributed by atoms with Crippen molar-refractivity contribution in [2.45, 2.75) is 32.0 Å². The van der Waals surface area contributed by atoms with Crippen LogP contribution in [0, 0.1) is 5.92 Å². The molecule has 3 heterocycles. The van der Waals surface area contributed by atoms with Crippen LogP contribution in [-0.2, 0) is 9.59 Å². The molecule has 0 radical (unpaired) electrons. The number of carbonyl (C=O) groups is 2. The van der Waals surface area contributed by atoms with Gasteiger partial charge in [-0.15, -0.1) is 0 Å². The minimum Gasteiger partial charge on any atom is -0.333 e. The van der Waals surface area contributed by atoms with Crippen LogP contribution in [0.5, 0.6) is 0 Å². The fourth-order valence-electron chi connectivity index (χ4n) is 2.90. The number of amides is 1. The van der Waals surface area contributed by atoms with Crippen molar-refractivity contribution in [2.24, 2.45) is 5.92 Å². The lowest BCUT2D eigenvalue weighted by molar-refractivity contribution is -0.186. The van der Waals surface area contributed by atoms with E-state index in [1.807, 2.05) is 4.90 Å². The molecule has 0 aromatic rings. The average Bonchev–Trinajstić information content (AvgIpc) is 2.37. The number of Topliss-reactive ketones (excluding diaryl/α,β-unsaturated/α-hetero) is 1. The molecule has 0 aliphatic carbocycles. The third kappa shape index (κ3) is 2.75. The summed E-state index contributed by atoms with van der Waals surface area (Å²) in [7, 11) is 0. The molecular weight excluding hydrogens is 261 g/mol. The highest BCUT2D eigenvalue weighted by atomic mass is 19.4. The van der Waals surface area contributed by atoms with Crippen LogP contribution in [0.2, 0.25) is 0 Å². The Morgan fingerprint density at radius 3 is 2.37 bits per heavy atom. The van der Waals surface area contributed by atoms with Gasteiger partial charge in [0.15, 0.2) is 5.78 Å². The molecule has 0 saturated carbocycles. The third-order valence-electron chi connectivity index (χ3n) is 4.01. The fraction of sp³-hybridized carbons (Fsp3) is 0.833. The van der Waals surface area contributed by atoms with Crippen molar-refractivity contribution in [3.8, 4) is 0 Å². The van der Waals surface area contributed by atoms with Gasteiger partial charge in [-0.25, -0.2) is 0 Å². The van der Waals surface area contributed by atoms with E-state index in [4.69, 9.17) is 0 Å². The van der Waals surface area contributed by atoms with E-state index in [-0.39, 0.29) is 24.8 Å². The maximum Gasteiger partial charge on any atom is 0.471 e. The molecule has 19 heavy (non-hydrogen) atoms. The summed E-state index contributed by atoms with van der Waals surface area (Å²) >= 11 is 0. The molecule has 0 aromatic carbocycles. The topological polar surface area (TPSA) is 40.6 Å². The molecule has 3 aliphatic rings. The molecule has 0 N–H and O–H groups in total. The van der Waals surface area contributed by atoms with E-state index in [0.717, 1.165) is 30.8 Å². The van der Waals surface area contributed by atoms with Crippen LogP contribution in [0.3, 0.4) is 0 Å². The quantitative estimate of drug-likeness (QED) is 0.775. The van der Waals surface area contributed by atoms with Crippen molar-refractivity contribution in [3.05, 3.63) is 0 Å². The van der Waals surface area contributed by atoms with Crippen LogP contribution in [0.25, 0.3) is 0 Å². The van der Waals surface area contributed by atoms with Gasteiger partial charge in [-0.3, -0.25) is 14.5 Å². The van der Waals surface area contributed by atoms with E-state index in [9.17, 15) is 22.8 Å². The van der Waals surface area contributed by atoms with Crippen LogP contribution < -0.4 is 0 Å². The number of hydrogen-bond acceptors (Lipinski definition) is 3. The monoisotopic (exact) mass is 278 g/mol. The summed E-state index contributed by atoms with van der Waals surface area (Å²) in [6.07, 6.45) is -3.30. The van der Waals surface area contributed by atoms with Crippen molar-refractivity contribution >= 4 is 11.7 Å². The summed E-state index contributed by atoms with van der Waals surface area (Å²) in [6.45, 7) is 2.77. The summed E-state index contributed by atoms with van der Waals surface area (Å²) in [5.74, 6) is -1.90. The van der Waals surface area contributed by atoms with Gasteiger partial charge >= 0.3 is 12.1 Å². The number of ketones is 1. The predicted octanol–water partition coefficient (Wildman–Crippen LogP) is 1.06. The number of likely N-dealkylation sites (N-methyl/N-ethyl adjacent to an activating group) is 1. The average molecular weight is 278 g/mol. The Morgan fingerprint density at radius 1 is 1.37 bits per heavy atom. The first-order chi connectivity index (χ1) is 8.84. The highest BCUT2D eigenvalue weighted by Crippen LogP contribution is 2.30. The molecule has 1 amide bonds. The van der Waals surface area contributed by atoms with Crippen LogP contribution in [0.15, 0.2) is 0 Å². The zero-order chi connectivity index (χ0) is 14.2. The zero-order valence-electron chi connectivity index (χ0n) is 10.7. The molecule has 3 aliphatic heterocycles. The zero-order valence-corrected chi connectivity index (χ0v) is 10.7. The van der Waals surface area contributed by atoms with E-state index >= 15 is 0 Å². The highest BCUT2D eigenvalue weighted by Gasteiger charge is 2.46. The number of nitrogens with zero attached hydrogens (tertiary/aromatic N) is 2. The Morgan fingerprint density at radius 2 is 1.95 bits per heavy atom. The normalized spacial score (nSPS) is 30.5. The number of carbonyl (C=O) groups excluding carboxylic acids is 2. The minimum absolute atomic E-state index is 0.00840. The first-order valence-corrected chi connectivity index (χ1v) is 6.48. The fourth-order valence-corrected chi connectivity index (χ4v) is 2.90. The lowest BCUT2D eigenvalue weighted by atomic mass is 9.82. The lowest BCUT2D eigenvalue weighted by Crippen LogP contribution is -2.60. The molecule has 0 spiro atoms. The number of hydrogen-bond donors (Lipinski definition) is 0. The second-order valence-electron chi connectivity index (χ2n) is 5.07. The summed E-state index contributed by atoms with van der Waals surface area (Å²) in [5, 5.41) is 0. The molecule has 3 saturated heterocycles. The highest BCUT2D eigenvalue weighted by molar-refractivity contribution is 5.89. The predicted molar refractivity (Wildman–Crippen MR) is 61.4 cm³/mol.